The van der Waals surface area contributed by atoms with Crippen molar-refractivity contribution in [3.05, 3.63) is 59.0 Å². The largest absolute Gasteiger partial charge is 0.388 e. The van der Waals surface area contributed by atoms with Gasteiger partial charge >= 0.3 is 0 Å². The van der Waals surface area contributed by atoms with E-state index in [0.29, 0.717) is 32.9 Å². The maximum absolute atomic E-state index is 12.8. The Kier molecular flexibility index (Phi) is 6.57. The summed E-state index contributed by atoms with van der Waals surface area (Å²) in [5, 5.41) is 13.6. The molecule has 1 heterocycles. The van der Waals surface area contributed by atoms with Crippen molar-refractivity contribution in [3.63, 3.8) is 0 Å². The van der Waals surface area contributed by atoms with Crippen LogP contribution >= 0.6 is 35.6 Å². The molecular weight excluding hydrogens is 343 g/mol. The molecule has 1 unspecified atom stereocenters. The highest BCUT2D eigenvalue weighted by molar-refractivity contribution is 8.23. The molecule has 0 aliphatic rings. The minimum absolute atomic E-state index is 0.314. The third kappa shape index (κ3) is 5.53. The smallest absolute Gasteiger partial charge is 0.139 e. The highest BCUT2D eigenvalue weighted by Crippen LogP contribution is 2.20. The number of thiocarbonyl (C=S) groups is 1. The molecule has 2 aromatic rings. The van der Waals surface area contributed by atoms with E-state index in [2.05, 4.69) is 10.3 Å². The fourth-order valence-corrected chi connectivity index (χ4v) is 2.87. The molecule has 0 spiro atoms. The predicted molar refractivity (Wildman–Crippen MR) is 93.9 cm³/mol. The molecule has 0 saturated heterocycles. The van der Waals surface area contributed by atoms with Crippen LogP contribution in [0.2, 0.25) is 5.02 Å². The number of thioether (sulfide) groups is 1. The summed E-state index contributed by atoms with van der Waals surface area (Å²) in [4.78, 5) is 4.09. The first-order chi connectivity index (χ1) is 10.5. The topological polar surface area (TPSA) is 45.1 Å². The van der Waals surface area contributed by atoms with Crippen molar-refractivity contribution >= 4 is 45.7 Å². The minimum Gasteiger partial charge on any atom is -0.388 e. The molecule has 2 rings (SSSR count). The summed E-state index contributed by atoms with van der Waals surface area (Å²) in [6, 6.07) is 9.30. The van der Waals surface area contributed by atoms with Crippen LogP contribution < -0.4 is 5.32 Å². The highest BCUT2D eigenvalue weighted by Gasteiger charge is 2.08. The number of halogens is 2. The Morgan fingerprint density at radius 3 is 2.68 bits per heavy atom. The molecule has 0 aliphatic heterocycles. The Labute approximate surface area is 142 Å². The van der Waals surface area contributed by atoms with Crippen molar-refractivity contribution in [2.24, 2.45) is 0 Å². The van der Waals surface area contributed by atoms with Crippen LogP contribution in [0.5, 0.6) is 0 Å². The molecule has 7 heteroatoms. The molecule has 3 nitrogen and oxygen atoms in total. The molecule has 0 radical (unpaired) electrons. The van der Waals surface area contributed by atoms with Crippen LogP contribution in [0.4, 0.5) is 10.2 Å². The first-order valence-electron chi connectivity index (χ1n) is 6.53. The van der Waals surface area contributed by atoms with E-state index in [0.717, 1.165) is 0 Å². The summed E-state index contributed by atoms with van der Waals surface area (Å²) >= 11 is 12.4. The molecule has 1 aromatic heterocycles. The monoisotopic (exact) mass is 356 g/mol. The van der Waals surface area contributed by atoms with Crippen LogP contribution in [0.25, 0.3) is 0 Å². The van der Waals surface area contributed by atoms with E-state index in [-0.39, 0.29) is 5.82 Å². The summed E-state index contributed by atoms with van der Waals surface area (Å²) in [7, 11) is 0. The Hall–Kier alpha value is -1.21. The first kappa shape index (κ1) is 17.1. The van der Waals surface area contributed by atoms with Crippen molar-refractivity contribution in [2.75, 3.05) is 11.1 Å². The lowest BCUT2D eigenvalue weighted by atomic mass is 10.1. The number of hydrogen-bond acceptors (Lipinski definition) is 4. The van der Waals surface area contributed by atoms with Gasteiger partial charge in [0.1, 0.15) is 16.0 Å². The Balaban J connectivity index is 1.74. The van der Waals surface area contributed by atoms with Crippen LogP contribution in [0, 0.1) is 5.82 Å². The standard InChI is InChI=1S/C15H14ClFN2OS2/c16-11-3-6-14(18-9-11)19-15(21)22-8-7-13(20)10-1-4-12(17)5-2-10/h1-6,9,13,20H,7-8H2,(H,18,19,21). The number of hydrogen-bond donors (Lipinski definition) is 2. The second kappa shape index (κ2) is 8.43. The van der Waals surface area contributed by atoms with E-state index in [4.69, 9.17) is 23.8 Å². The lowest BCUT2D eigenvalue weighted by Gasteiger charge is -2.11. The number of pyridine rings is 1. The lowest BCUT2D eigenvalue weighted by Crippen LogP contribution is -2.08. The van der Waals surface area contributed by atoms with Crippen LogP contribution in [0.3, 0.4) is 0 Å². The highest BCUT2D eigenvalue weighted by atomic mass is 35.5. The van der Waals surface area contributed by atoms with Gasteiger partial charge < -0.3 is 10.4 Å². The zero-order chi connectivity index (χ0) is 15.9. The SMILES string of the molecule is OC(CCSC(=S)Nc1ccc(Cl)cn1)c1ccc(F)cc1. The van der Waals surface area contributed by atoms with Crippen molar-refractivity contribution in [1.82, 2.24) is 4.98 Å². The van der Waals surface area contributed by atoms with E-state index in [1.807, 2.05) is 0 Å². The second-order valence-corrected chi connectivity index (χ2v) is 6.69. The number of aliphatic hydroxyl groups excluding tert-OH is 1. The first-order valence-corrected chi connectivity index (χ1v) is 8.30. The number of nitrogens with one attached hydrogen (secondary N) is 1. The Morgan fingerprint density at radius 2 is 2.05 bits per heavy atom. The molecule has 0 aliphatic carbocycles. The molecule has 1 aromatic carbocycles. The number of aliphatic hydroxyl groups is 1. The average molecular weight is 357 g/mol. The van der Waals surface area contributed by atoms with Crippen molar-refractivity contribution < 1.29 is 9.50 Å². The third-order valence-corrected chi connectivity index (χ3v) is 4.32. The van der Waals surface area contributed by atoms with Crippen LogP contribution in [-0.4, -0.2) is 20.2 Å². The molecule has 0 amide bonds. The van der Waals surface area contributed by atoms with E-state index >= 15 is 0 Å². The molecule has 116 valence electrons. The van der Waals surface area contributed by atoms with Gasteiger partial charge in [-0.15, -0.1) is 0 Å². The number of anilines is 1. The van der Waals surface area contributed by atoms with E-state index in [1.165, 1.54) is 30.1 Å². The van der Waals surface area contributed by atoms with Gasteiger partial charge in [0, 0.05) is 11.9 Å². The maximum Gasteiger partial charge on any atom is 0.139 e. The van der Waals surface area contributed by atoms with Gasteiger partial charge in [-0.05, 0) is 36.2 Å². The number of nitrogens with zero attached hydrogens (tertiary/aromatic N) is 1. The number of benzene rings is 1. The molecule has 0 saturated carbocycles. The number of rotatable bonds is 5. The molecule has 0 bridgehead atoms. The molecule has 0 fully saturated rings. The van der Waals surface area contributed by atoms with Gasteiger partial charge in [0.2, 0.25) is 0 Å². The predicted octanol–water partition coefficient (Wildman–Crippen LogP) is 4.43. The van der Waals surface area contributed by atoms with Crippen LogP contribution in [0.15, 0.2) is 42.6 Å². The fraction of sp³-hybridized carbons (Fsp3) is 0.200. The zero-order valence-corrected chi connectivity index (χ0v) is 13.9. The van der Waals surface area contributed by atoms with Crippen molar-refractivity contribution in [2.45, 2.75) is 12.5 Å². The molecule has 2 N–H and O–H groups in total. The average Bonchev–Trinajstić information content (AvgIpc) is 2.50. The summed E-state index contributed by atoms with van der Waals surface area (Å²) in [6.07, 6.45) is 1.42. The second-order valence-electron chi connectivity index (χ2n) is 4.48. The van der Waals surface area contributed by atoms with Gasteiger partial charge in [0.15, 0.2) is 0 Å². The van der Waals surface area contributed by atoms with E-state index in [9.17, 15) is 9.50 Å². The van der Waals surface area contributed by atoms with Gasteiger partial charge in [-0.1, -0.05) is 47.7 Å². The summed E-state index contributed by atoms with van der Waals surface area (Å²) in [5.74, 6) is 0.949. The normalized spacial score (nSPS) is 12.0. The zero-order valence-electron chi connectivity index (χ0n) is 11.5. The van der Waals surface area contributed by atoms with Crippen LogP contribution in [0.1, 0.15) is 18.1 Å². The molecule has 1 atom stereocenters. The van der Waals surface area contributed by atoms with Gasteiger partial charge in [-0.2, -0.15) is 0 Å². The Morgan fingerprint density at radius 1 is 1.32 bits per heavy atom. The fourth-order valence-electron chi connectivity index (χ4n) is 1.71. The summed E-state index contributed by atoms with van der Waals surface area (Å²) in [5.41, 5.74) is 0.695. The summed E-state index contributed by atoms with van der Waals surface area (Å²) < 4.78 is 13.4. The quantitative estimate of drug-likeness (QED) is 0.776. The lowest BCUT2D eigenvalue weighted by molar-refractivity contribution is 0.175. The van der Waals surface area contributed by atoms with Gasteiger partial charge in [-0.3, -0.25) is 0 Å². The van der Waals surface area contributed by atoms with E-state index < -0.39 is 6.10 Å². The number of aromatic nitrogens is 1. The van der Waals surface area contributed by atoms with Crippen molar-refractivity contribution in [3.8, 4) is 0 Å². The summed E-state index contributed by atoms with van der Waals surface area (Å²) in [6.45, 7) is 0. The van der Waals surface area contributed by atoms with Crippen molar-refractivity contribution in [1.29, 1.82) is 0 Å². The minimum atomic E-state index is -0.635. The van der Waals surface area contributed by atoms with Crippen LogP contribution in [-0.2, 0) is 0 Å². The van der Waals surface area contributed by atoms with Gasteiger partial charge in [-0.25, -0.2) is 9.37 Å². The van der Waals surface area contributed by atoms with Gasteiger partial charge in [0.25, 0.3) is 0 Å². The maximum atomic E-state index is 12.8. The van der Waals surface area contributed by atoms with Gasteiger partial charge in [0.05, 0.1) is 11.1 Å². The third-order valence-electron chi connectivity index (χ3n) is 2.84. The molecule has 22 heavy (non-hydrogen) atoms. The van der Waals surface area contributed by atoms with E-state index in [1.54, 1.807) is 24.3 Å². The Bertz CT molecular complexity index is 622. The molecular formula is C15H14ClFN2OS2.